The number of carbonyl (C=O) groups is 1. The summed E-state index contributed by atoms with van der Waals surface area (Å²) < 4.78 is 33.9. The number of carbonyl (C=O) groups excluding carboxylic acids is 1. The van der Waals surface area contributed by atoms with Gasteiger partial charge in [-0.3, -0.25) is 9.36 Å². The smallest absolute Gasteiger partial charge is 0.338 e. The van der Waals surface area contributed by atoms with Crippen molar-refractivity contribution in [3.05, 3.63) is 152 Å². The molecule has 7 nitrogen and oxygen atoms in total. The molecular formula is C36H26Cl2FIN2O5S. The number of hydrogen-bond acceptors (Lipinski definition) is 7. The number of fused-ring (bicyclic) bond motifs is 1. The number of nitrogens with zero attached hydrogens (tertiary/aromatic N) is 2. The highest BCUT2D eigenvalue weighted by Crippen LogP contribution is 2.37. The maximum absolute atomic E-state index is 14.2. The molecule has 0 fully saturated rings. The molecule has 0 unspecified atom stereocenters. The number of esters is 1. The highest BCUT2D eigenvalue weighted by molar-refractivity contribution is 14.1. The number of halogens is 4. The summed E-state index contributed by atoms with van der Waals surface area (Å²) in [5, 5.41) is 0.891. The van der Waals surface area contributed by atoms with E-state index >= 15 is 0 Å². The van der Waals surface area contributed by atoms with Gasteiger partial charge in [-0.1, -0.05) is 83.1 Å². The van der Waals surface area contributed by atoms with E-state index in [0.717, 1.165) is 9.13 Å². The summed E-state index contributed by atoms with van der Waals surface area (Å²) in [6.07, 6.45) is 1.75. The second-order valence-electron chi connectivity index (χ2n) is 10.6. The SMILES string of the molecule is CCOC(=O)C1=C(c2ccccc2)N=c2s/c(=C\c3cc(I)c(OCc4ccc(Cl)c(Cl)c4)c(OC)c3)c(=O)n2[C@H]1c1ccc(F)cc1. The fourth-order valence-corrected chi connectivity index (χ4v) is 7.40. The van der Waals surface area contributed by atoms with E-state index < -0.39 is 17.8 Å². The molecule has 0 spiro atoms. The molecule has 0 saturated heterocycles. The predicted octanol–water partition coefficient (Wildman–Crippen LogP) is 7.57. The van der Waals surface area contributed by atoms with Crippen molar-refractivity contribution < 1.29 is 23.4 Å². The van der Waals surface area contributed by atoms with E-state index in [1.54, 1.807) is 50.4 Å². The number of benzene rings is 4. The first kappa shape index (κ1) is 33.9. The zero-order valence-electron chi connectivity index (χ0n) is 25.5. The van der Waals surface area contributed by atoms with Gasteiger partial charge in [0, 0.05) is 5.56 Å². The summed E-state index contributed by atoms with van der Waals surface area (Å²) in [5.41, 5.74) is 2.95. The Balaban J connectivity index is 1.47. The van der Waals surface area contributed by atoms with Crippen molar-refractivity contribution in [3.8, 4) is 11.5 Å². The standard InChI is InChI=1S/C36H26Cl2FIN2O5S/c1-3-46-35(44)30-31(22-7-5-4-6-8-22)41-36-42(32(30)23-10-12-24(39)13-11-23)34(43)29(48-36)18-21-16-27(40)33(28(17-21)45-2)47-19-20-9-14-25(37)26(38)15-20/h4-18,32H,3,19H2,1-2H3/b29-18-/t32-/m0/s1. The molecule has 0 aliphatic carbocycles. The fraction of sp³-hybridized carbons (Fsp3) is 0.139. The molecule has 0 saturated carbocycles. The third-order valence-corrected chi connectivity index (χ3v) is 10.00. The topological polar surface area (TPSA) is 79.1 Å². The maximum atomic E-state index is 14.2. The van der Waals surface area contributed by atoms with Crippen LogP contribution >= 0.6 is 57.1 Å². The van der Waals surface area contributed by atoms with Crippen LogP contribution < -0.4 is 24.4 Å². The van der Waals surface area contributed by atoms with E-state index in [1.807, 2.05) is 42.5 Å². The molecule has 1 aliphatic rings. The van der Waals surface area contributed by atoms with Crippen molar-refractivity contribution >= 4 is 74.9 Å². The third-order valence-electron chi connectivity index (χ3n) is 7.48. The summed E-state index contributed by atoms with van der Waals surface area (Å²) >= 11 is 15.6. The van der Waals surface area contributed by atoms with Crippen molar-refractivity contribution in [2.45, 2.75) is 19.6 Å². The van der Waals surface area contributed by atoms with E-state index in [2.05, 4.69) is 22.6 Å². The quantitative estimate of drug-likeness (QED) is 0.113. The first-order valence-electron chi connectivity index (χ1n) is 14.7. The summed E-state index contributed by atoms with van der Waals surface area (Å²) in [6.45, 7) is 2.07. The average molecular weight is 815 g/mol. The fourth-order valence-electron chi connectivity index (χ4n) is 5.30. The van der Waals surface area contributed by atoms with Crippen LogP contribution in [0.25, 0.3) is 11.8 Å². The maximum Gasteiger partial charge on any atom is 0.338 e. The van der Waals surface area contributed by atoms with Crippen LogP contribution in [0.5, 0.6) is 11.5 Å². The second-order valence-corrected chi connectivity index (χ2v) is 13.5. The van der Waals surface area contributed by atoms with Gasteiger partial charge in [-0.25, -0.2) is 14.2 Å². The van der Waals surface area contributed by atoms with Crippen LogP contribution in [-0.4, -0.2) is 24.3 Å². The largest absolute Gasteiger partial charge is 0.493 e. The minimum atomic E-state index is -0.912. The van der Waals surface area contributed by atoms with Crippen LogP contribution in [0.15, 0.2) is 100 Å². The lowest BCUT2D eigenvalue weighted by Crippen LogP contribution is -2.40. The van der Waals surface area contributed by atoms with Crippen LogP contribution in [0, 0.1) is 9.39 Å². The summed E-state index contributed by atoms with van der Waals surface area (Å²) in [5.74, 6) is -0.0460. The lowest BCUT2D eigenvalue weighted by molar-refractivity contribution is -0.138. The minimum Gasteiger partial charge on any atom is -0.493 e. The molecule has 1 aliphatic heterocycles. The van der Waals surface area contributed by atoms with Gasteiger partial charge in [-0.05, 0) is 88.7 Å². The van der Waals surface area contributed by atoms with Gasteiger partial charge in [-0.2, -0.15) is 0 Å². The van der Waals surface area contributed by atoms with Crippen LogP contribution in [0.3, 0.4) is 0 Å². The first-order valence-corrected chi connectivity index (χ1v) is 17.3. The van der Waals surface area contributed by atoms with Crippen molar-refractivity contribution in [3.63, 3.8) is 0 Å². The molecule has 0 radical (unpaired) electrons. The molecule has 0 bridgehead atoms. The predicted molar refractivity (Wildman–Crippen MR) is 194 cm³/mol. The molecule has 6 rings (SSSR count). The Labute approximate surface area is 302 Å². The number of ether oxygens (including phenoxy) is 3. The van der Waals surface area contributed by atoms with Crippen LogP contribution in [0.2, 0.25) is 10.0 Å². The van der Waals surface area contributed by atoms with Gasteiger partial charge in [0.1, 0.15) is 12.4 Å². The summed E-state index contributed by atoms with van der Waals surface area (Å²) in [7, 11) is 1.54. The monoisotopic (exact) mass is 814 g/mol. The molecule has 1 atom stereocenters. The number of aromatic nitrogens is 1. The molecule has 0 amide bonds. The number of rotatable bonds is 9. The van der Waals surface area contributed by atoms with E-state index in [4.69, 9.17) is 42.4 Å². The summed E-state index contributed by atoms with van der Waals surface area (Å²) in [4.78, 5) is 33.0. The van der Waals surface area contributed by atoms with E-state index in [0.29, 0.717) is 53.3 Å². The molecule has 12 heteroatoms. The Morgan fingerprint density at radius 1 is 1.04 bits per heavy atom. The zero-order chi connectivity index (χ0) is 33.9. The molecule has 5 aromatic rings. The van der Waals surface area contributed by atoms with E-state index in [1.165, 1.54) is 28.0 Å². The Hall–Kier alpha value is -3.97. The summed E-state index contributed by atoms with van der Waals surface area (Å²) in [6, 6.07) is 23.0. The molecule has 1 aromatic heterocycles. The Kier molecular flexibility index (Phi) is 10.4. The molecule has 4 aromatic carbocycles. The first-order chi connectivity index (χ1) is 23.2. The third kappa shape index (κ3) is 6.93. The molecule has 48 heavy (non-hydrogen) atoms. The molecule has 0 N–H and O–H groups in total. The normalized spacial score (nSPS) is 14.4. The van der Waals surface area contributed by atoms with Crippen LogP contribution in [0.1, 0.15) is 35.2 Å². The molecular weight excluding hydrogens is 789 g/mol. The van der Waals surface area contributed by atoms with Gasteiger partial charge < -0.3 is 14.2 Å². The van der Waals surface area contributed by atoms with Gasteiger partial charge in [0.25, 0.3) is 5.56 Å². The van der Waals surface area contributed by atoms with Gasteiger partial charge in [0.2, 0.25) is 0 Å². The number of hydrogen-bond donors (Lipinski definition) is 0. The van der Waals surface area contributed by atoms with Gasteiger partial charge >= 0.3 is 5.97 Å². The van der Waals surface area contributed by atoms with E-state index in [-0.39, 0.29) is 24.3 Å². The van der Waals surface area contributed by atoms with Gasteiger partial charge in [0.15, 0.2) is 16.3 Å². The van der Waals surface area contributed by atoms with Crippen molar-refractivity contribution in [2.24, 2.45) is 4.99 Å². The van der Waals surface area contributed by atoms with Crippen LogP contribution in [0.4, 0.5) is 4.39 Å². The van der Waals surface area contributed by atoms with Gasteiger partial charge in [-0.15, -0.1) is 0 Å². The second kappa shape index (κ2) is 14.7. The minimum absolute atomic E-state index is 0.124. The highest BCUT2D eigenvalue weighted by Gasteiger charge is 2.35. The Morgan fingerprint density at radius 3 is 2.48 bits per heavy atom. The van der Waals surface area contributed by atoms with Crippen molar-refractivity contribution in [1.29, 1.82) is 0 Å². The lowest BCUT2D eigenvalue weighted by Gasteiger charge is -2.25. The van der Waals surface area contributed by atoms with Crippen molar-refractivity contribution in [2.75, 3.05) is 13.7 Å². The Bertz CT molecular complexity index is 2240. The Morgan fingerprint density at radius 2 is 1.79 bits per heavy atom. The average Bonchev–Trinajstić information content (AvgIpc) is 3.39. The number of thiazole rings is 1. The van der Waals surface area contributed by atoms with Gasteiger partial charge in [0.05, 0.1) is 49.2 Å². The van der Waals surface area contributed by atoms with Crippen LogP contribution in [-0.2, 0) is 16.1 Å². The highest BCUT2D eigenvalue weighted by atomic mass is 127. The van der Waals surface area contributed by atoms with E-state index in [9.17, 15) is 14.0 Å². The molecule has 2 heterocycles. The lowest BCUT2D eigenvalue weighted by atomic mass is 9.93. The number of methoxy groups -OCH3 is 1. The molecule has 244 valence electrons. The van der Waals surface area contributed by atoms with Crippen molar-refractivity contribution in [1.82, 2.24) is 4.57 Å². The zero-order valence-corrected chi connectivity index (χ0v) is 30.0.